The van der Waals surface area contributed by atoms with Crippen molar-refractivity contribution in [3.8, 4) is 0 Å². The minimum Gasteiger partial charge on any atom is -0.286 e. The van der Waals surface area contributed by atoms with Crippen LogP contribution in [0.3, 0.4) is 0 Å². The molecule has 0 fully saturated rings. The van der Waals surface area contributed by atoms with Gasteiger partial charge < -0.3 is 0 Å². The second-order valence-electron chi connectivity index (χ2n) is 7.46. The number of amides is 3. The van der Waals surface area contributed by atoms with Crippen LogP contribution in [-0.2, 0) is 21.5 Å². The number of nitrogens with zero attached hydrogens (tertiary/aromatic N) is 7. The maximum atomic E-state index is 12.6. The van der Waals surface area contributed by atoms with Gasteiger partial charge in [-0.1, -0.05) is 0 Å². The number of nitrogens with one attached hydrogen (secondary N) is 1. The topological polar surface area (TPSA) is 154 Å². The van der Waals surface area contributed by atoms with E-state index in [2.05, 4.69) is 35.8 Å². The number of fused-ring (bicyclic) bond motifs is 1. The summed E-state index contributed by atoms with van der Waals surface area (Å²) < 4.78 is 33.0. The van der Waals surface area contributed by atoms with E-state index in [9.17, 15) is 18.0 Å². The molecule has 2 rings (SSSR count). The number of urea groups is 1. The van der Waals surface area contributed by atoms with E-state index in [4.69, 9.17) is 4.55 Å². The monoisotopic (exact) mass is 548 g/mol. The van der Waals surface area contributed by atoms with E-state index in [1.54, 1.807) is 18.7 Å². The van der Waals surface area contributed by atoms with Gasteiger partial charge in [0.15, 0.2) is 0 Å². The Balaban J connectivity index is 1.93. The van der Waals surface area contributed by atoms with Crippen LogP contribution in [0.4, 0.5) is 10.6 Å². The van der Waals surface area contributed by atoms with Gasteiger partial charge in [0, 0.05) is 6.54 Å². The number of rotatable bonds is 11. The number of imidazole rings is 1. The van der Waals surface area contributed by atoms with Crippen LogP contribution in [0.15, 0.2) is 12.7 Å². The molecule has 0 bridgehead atoms. The fourth-order valence-electron chi connectivity index (χ4n) is 2.88. The van der Waals surface area contributed by atoms with E-state index in [0.29, 0.717) is 35.3 Å². The van der Waals surface area contributed by atoms with Crippen LogP contribution < -0.4 is 5.32 Å². The van der Waals surface area contributed by atoms with Gasteiger partial charge in [-0.3, -0.25) is 4.55 Å². The Hall–Kier alpha value is -2.61. The molecule has 0 aliphatic carbocycles. The van der Waals surface area contributed by atoms with Crippen molar-refractivity contribution in [3.05, 3.63) is 12.7 Å². The van der Waals surface area contributed by atoms with Crippen molar-refractivity contribution in [2.45, 2.75) is 26.3 Å². The smallest absolute Gasteiger partial charge is 0.286 e. The van der Waals surface area contributed by atoms with Crippen molar-refractivity contribution in [2.24, 2.45) is 0 Å². The fourth-order valence-corrected chi connectivity index (χ4v) is 3.84. The van der Waals surface area contributed by atoms with Crippen LogP contribution in [0.2, 0.25) is 0 Å². The summed E-state index contributed by atoms with van der Waals surface area (Å²) in [6.45, 7) is 2.85. The normalized spacial score (nSPS) is 11.3. The zero-order chi connectivity index (χ0) is 24.8. The molecule has 0 aromatic carbocycles. The average molecular weight is 548 g/mol. The summed E-state index contributed by atoms with van der Waals surface area (Å²) in [5, 5.41) is 2.72. The molecule has 0 saturated carbocycles. The molecular weight excluding hydrogens is 519 g/mol. The first kappa shape index (κ1) is 26.6. The van der Waals surface area contributed by atoms with Crippen LogP contribution in [0.1, 0.15) is 19.8 Å². The van der Waals surface area contributed by atoms with E-state index in [-0.39, 0.29) is 36.5 Å². The standard InChI is InChI=1S/C18H28N8O5SSe/c1-13(27)25(4)18(33)24(3)8-5-7-23(2)17(28)22-15-14-16(20-11-19-15)26(12-21-14)9-6-10-32(29,30)31/h11-12H,5-10H2,1-4H3,(H,29,30,31)(H,19,20,22,28). The van der Waals surface area contributed by atoms with Crippen molar-refractivity contribution in [1.82, 2.24) is 34.2 Å². The summed E-state index contributed by atoms with van der Waals surface area (Å²) in [5.74, 6) is -0.213. The van der Waals surface area contributed by atoms with Gasteiger partial charge in [-0.2, -0.15) is 8.42 Å². The molecule has 2 N–H and O–H groups in total. The SMILES string of the molecule is CC(=O)N(C)C(=[Se])N(C)CCCN(C)C(=O)Nc1ncnc2c1ncn2CCCS(=O)(=O)O. The second-order valence-corrected chi connectivity index (χ2v) is 9.80. The zero-order valence-electron chi connectivity index (χ0n) is 18.9. The van der Waals surface area contributed by atoms with E-state index in [1.807, 2.05) is 11.9 Å². The Kier molecular flexibility index (Phi) is 9.28. The number of hydrogen-bond donors (Lipinski definition) is 2. The molecule has 2 aromatic rings. The minimum absolute atomic E-state index is 0.0795. The molecule has 0 radical (unpaired) electrons. The Morgan fingerprint density at radius 2 is 1.79 bits per heavy atom. The molecule has 0 unspecified atom stereocenters. The Morgan fingerprint density at radius 1 is 1.12 bits per heavy atom. The van der Waals surface area contributed by atoms with Gasteiger partial charge in [-0.25, -0.2) is 0 Å². The van der Waals surface area contributed by atoms with Crippen molar-refractivity contribution >= 4 is 59.3 Å². The molecule has 182 valence electrons. The van der Waals surface area contributed by atoms with E-state index in [1.165, 1.54) is 29.4 Å². The molecule has 2 aromatic heterocycles. The Morgan fingerprint density at radius 3 is 2.42 bits per heavy atom. The Bertz CT molecular complexity index is 1120. The molecule has 0 aliphatic rings. The first-order chi connectivity index (χ1) is 15.4. The van der Waals surface area contributed by atoms with Crippen LogP contribution >= 0.6 is 0 Å². The van der Waals surface area contributed by atoms with E-state index in [0.717, 1.165) is 0 Å². The third-order valence-electron chi connectivity index (χ3n) is 4.85. The molecule has 15 heteroatoms. The predicted octanol–water partition coefficient (Wildman–Crippen LogP) is -0.376. The third-order valence-corrected chi connectivity index (χ3v) is 6.88. The Labute approximate surface area is 200 Å². The van der Waals surface area contributed by atoms with Crippen LogP contribution in [0, 0.1) is 0 Å². The van der Waals surface area contributed by atoms with Crippen molar-refractivity contribution in [3.63, 3.8) is 0 Å². The van der Waals surface area contributed by atoms with Gasteiger partial charge in [0.1, 0.15) is 0 Å². The average Bonchev–Trinajstić information content (AvgIpc) is 3.15. The number of anilines is 1. The fraction of sp³-hybridized carbons (Fsp3) is 0.556. The summed E-state index contributed by atoms with van der Waals surface area (Å²) in [7, 11) is 1.16. The molecule has 0 spiro atoms. The van der Waals surface area contributed by atoms with Gasteiger partial charge >= 0.3 is 159 Å². The third kappa shape index (κ3) is 7.73. The van der Waals surface area contributed by atoms with Crippen LogP contribution in [-0.4, -0.2) is 119 Å². The van der Waals surface area contributed by atoms with Crippen molar-refractivity contribution in [1.29, 1.82) is 0 Å². The molecule has 0 saturated heterocycles. The summed E-state index contributed by atoms with van der Waals surface area (Å²) in [6.07, 6.45) is 3.62. The second kappa shape index (κ2) is 11.5. The molecular formula is C18H28N8O5SSe. The van der Waals surface area contributed by atoms with Gasteiger partial charge in [0.05, 0.1) is 5.75 Å². The summed E-state index contributed by atoms with van der Waals surface area (Å²) in [4.78, 5) is 41.5. The zero-order valence-corrected chi connectivity index (χ0v) is 21.5. The van der Waals surface area contributed by atoms with Crippen LogP contribution in [0.25, 0.3) is 11.2 Å². The van der Waals surface area contributed by atoms with Crippen LogP contribution in [0.5, 0.6) is 0 Å². The predicted molar refractivity (Wildman–Crippen MR) is 124 cm³/mol. The number of hydrogen-bond acceptors (Lipinski definition) is 8. The van der Waals surface area contributed by atoms with E-state index >= 15 is 0 Å². The summed E-state index contributed by atoms with van der Waals surface area (Å²) in [5.41, 5.74) is 0.815. The van der Waals surface area contributed by atoms with Crippen molar-refractivity contribution in [2.75, 3.05) is 45.3 Å². The first-order valence-electron chi connectivity index (χ1n) is 10.0. The van der Waals surface area contributed by atoms with Crippen molar-refractivity contribution < 1.29 is 22.6 Å². The number of aromatic nitrogens is 4. The molecule has 3 amide bonds. The number of aryl methyl sites for hydroxylation is 1. The minimum atomic E-state index is -4.04. The molecule has 33 heavy (non-hydrogen) atoms. The number of carbonyl (C=O) groups is 2. The summed E-state index contributed by atoms with van der Waals surface area (Å²) >= 11 is 2.88. The van der Waals surface area contributed by atoms with Gasteiger partial charge in [0.2, 0.25) is 0 Å². The van der Waals surface area contributed by atoms with Gasteiger partial charge in [-0.15, -0.1) is 0 Å². The first-order valence-corrected chi connectivity index (χ1v) is 12.5. The molecule has 13 nitrogen and oxygen atoms in total. The van der Waals surface area contributed by atoms with E-state index < -0.39 is 10.1 Å². The summed E-state index contributed by atoms with van der Waals surface area (Å²) in [6, 6.07) is -0.369. The molecule has 0 atom stereocenters. The van der Waals surface area contributed by atoms with Gasteiger partial charge in [0.25, 0.3) is 10.1 Å². The quantitative estimate of drug-likeness (QED) is 0.283. The maximum absolute atomic E-state index is 12.6. The van der Waals surface area contributed by atoms with Gasteiger partial charge in [-0.05, 0) is 6.42 Å². The number of carbonyl (C=O) groups excluding carboxylic acids is 2. The molecule has 0 aliphatic heterocycles. The molecule has 2 heterocycles.